The summed E-state index contributed by atoms with van der Waals surface area (Å²) < 4.78 is 7.67. The SMILES string of the molecule is CCC1(C)c2ccc(-n3c4ccccc4c4cc5c(cc43)C(C)(C)c3ccccc3-5)cc2-c2cccc[n+]2C1(CC)Cc1cc2ccccc2c2c(C)ccc[n+]12. The van der Waals surface area contributed by atoms with Crippen molar-refractivity contribution in [2.75, 3.05) is 0 Å². The molecule has 2 atom stereocenters. The summed E-state index contributed by atoms with van der Waals surface area (Å²) in [5, 5.41) is 5.21. The maximum atomic E-state index is 2.67. The number of hydrogen-bond donors (Lipinski definition) is 0. The highest BCUT2D eigenvalue weighted by atomic mass is 15.1. The molecule has 278 valence electrons. The molecule has 5 aromatic carbocycles. The second kappa shape index (κ2) is 12.0. The summed E-state index contributed by atoms with van der Waals surface area (Å²) >= 11 is 0. The third-order valence-corrected chi connectivity index (χ3v) is 14.7. The van der Waals surface area contributed by atoms with Gasteiger partial charge in [-0.1, -0.05) is 94.4 Å². The van der Waals surface area contributed by atoms with Crippen LogP contribution in [0.4, 0.5) is 0 Å². The zero-order valence-electron chi connectivity index (χ0n) is 33.9. The van der Waals surface area contributed by atoms with Crippen LogP contribution in [-0.4, -0.2) is 4.57 Å². The van der Waals surface area contributed by atoms with Crippen molar-refractivity contribution in [1.82, 2.24) is 4.57 Å². The van der Waals surface area contributed by atoms with Crippen LogP contribution in [0.1, 0.15) is 75.4 Å². The predicted octanol–water partition coefficient (Wildman–Crippen LogP) is 12.3. The fraction of sp³-hybridized carbons (Fsp3) is 0.222. The average molecular weight is 740 g/mol. The Balaban J connectivity index is 1.14. The lowest BCUT2D eigenvalue weighted by molar-refractivity contribution is -0.771. The molecule has 1 aliphatic carbocycles. The Morgan fingerprint density at radius 2 is 1.33 bits per heavy atom. The Bertz CT molecular complexity index is 3150. The molecule has 11 rings (SSSR count). The Hall–Kier alpha value is -6.06. The van der Waals surface area contributed by atoms with E-state index in [0.29, 0.717) is 0 Å². The van der Waals surface area contributed by atoms with Crippen LogP contribution in [0.2, 0.25) is 0 Å². The van der Waals surface area contributed by atoms with E-state index in [1.54, 1.807) is 0 Å². The fourth-order valence-electron chi connectivity index (χ4n) is 11.6. The number of pyridine rings is 3. The number of nitrogens with zero attached hydrogens (tertiary/aromatic N) is 3. The molecule has 0 bridgehead atoms. The van der Waals surface area contributed by atoms with Gasteiger partial charge in [-0.15, -0.1) is 0 Å². The first-order valence-corrected chi connectivity index (χ1v) is 20.9. The Morgan fingerprint density at radius 1 is 0.561 bits per heavy atom. The first kappa shape index (κ1) is 34.2. The molecule has 2 unspecified atom stereocenters. The molecule has 0 spiro atoms. The molecule has 4 aromatic heterocycles. The normalized spacial score (nSPS) is 19.2. The quantitative estimate of drug-likeness (QED) is 0.123. The molecule has 0 saturated heterocycles. The number of aromatic nitrogens is 3. The number of para-hydroxylation sites is 1. The van der Waals surface area contributed by atoms with Crippen LogP contribution in [0.15, 0.2) is 152 Å². The van der Waals surface area contributed by atoms with Crippen molar-refractivity contribution < 1.29 is 8.97 Å². The average Bonchev–Trinajstić information content (AvgIpc) is 3.69. The summed E-state index contributed by atoms with van der Waals surface area (Å²) in [5.74, 6) is 0. The second-order valence-electron chi connectivity index (χ2n) is 17.5. The lowest BCUT2D eigenvalue weighted by Crippen LogP contribution is -2.70. The van der Waals surface area contributed by atoms with Gasteiger partial charge in [0.2, 0.25) is 11.2 Å². The molecule has 3 heteroatoms. The van der Waals surface area contributed by atoms with Gasteiger partial charge in [-0.2, -0.15) is 8.97 Å². The van der Waals surface area contributed by atoms with E-state index < -0.39 is 0 Å². The van der Waals surface area contributed by atoms with Gasteiger partial charge < -0.3 is 4.57 Å². The number of rotatable bonds is 5. The van der Waals surface area contributed by atoms with Gasteiger partial charge in [0.15, 0.2) is 23.6 Å². The van der Waals surface area contributed by atoms with Gasteiger partial charge in [-0.05, 0) is 102 Å². The van der Waals surface area contributed by atoms with Crippen molar-refractivity contribution in [3.05, 3.63) is 180 Å². The summed E-state index contributed by atoms with van der Waals surface area (Å²) in [6.45, 7) is 14.4. The lowest BCUT2D eigenvalue weighted by atomic mass is 9.58. The molecule has 0 radical (unpaired) electrons. The first-order chi connectivity index (χ1) is 27.7. The van der Waals surface area contributed by atoms with E-state index in [4.69, 9.17) is 0 Å². The van der Waals surface area contributed by atoms with Crippen LogP contribution in [0.3, 0.4) is 0 Å². The zero-order valence-corrected chi connectivity index (χ0v) is 33.9. The highest BCUT2D eigenvalue weighted by molar-refractivity contribution is 6.11. The van der Waals surface area contributed by atoms with E-state index in [9.17, 15) is 0 Å². The number of aryl methyl sites for hydroxylation is 1. The molecule has 3 nitrogen and oxygen atoms in total. The van der Waals surface area contributed by atoms with E-state index in [1.807, 2.05) is 0 Å². The summed E-state index contributed by atoms with van der Waals surface area (Å²) in [4.78, 5) is 0. The van der Waals surface area contributed by atoms with Gasteiger partial charge in [0.05, 0.1) is 33.8 Å². The van der Waals surface area contributed by atoms with Crippen LogP contribution in [0, 0.1) is 6.92 Å². The molecule has 57 heavy (non-hydrogen) atoms. The van der Waals surface area contributed by atoms with Gasteiger partial charge in [-0.3, -0.25) is 0 Å². The summed E-state index contributed by atoms with van der Waals surface area (Å²) in [6, 6.07) is 53.0. The van der Waals surface area contributed by atoms with Crippen LogP contribution in [-0.2, 0) is 22.8 Å². The lowest BCUT2D eigenvalue weighted by Gasteiger charge is -2.47. The second-order valence-corrected chi connectivity index (χ2v) is 17.5. The van der Waals surface area contributed by atoms with Crippen molar-refractivity contribution in [3.8, 4) is 28.1 Å². The highest BCUT2D eigenvalue weighted by Gasteiger charge is 2.60. The third kappa shape index (κ3) is 4.43. The topological polar surface area (TPSA) is 12.9 Å². The van der Waals surface area contributed by atoms with Crippen molar-refractivity contribution in [2.24, 2.45) is 0 Å². The minimum absolute atomic E-state index is 0.0768. The molecule has 9 aromatic rings. The van der Waals surface area contributed by atoms with Crippen LogP contribution < -0.4 is 8.97 Å². The van der Waals surface area contributed by atoms with E-state index in [1.165, 1.54) is 94.1 Å². The van der Waals surface area contributed by atoms with E-state index >= 15 is 0 Å². The molecule has 5 heterocycles. The van der Waals surface area contributed by atoms with E-state index in [0.717, 1.165) is 19.3 Å². The van der Waals surface area contributed by atoms with Gasteiger partial charge in [0.25, 0.3) is 0 Å². The van der Waals surface area contributed by atoms with Crippen molar-refractivity contribution in [2.45, 2.75) is 77.2 Å². The van der Waals surface area contributed by atoms with Crippen LogP contribution in [0.5, 0.6) is 0 Å². The Kier molecular flexibility index (Phi) is 7.19. The minimum Gasteiger partial charge on any atom is -0.309 e. The first-order valence-electron chi connectivity index (χ1n) is 20.9. The predicted molar refractivity (Wildman–Crippen MR) is 235 cm³/mol. The molecule has 0 saturated carbocycles. The van der Waals surface area contributed by atoms with Gasteiger partial charge in [-0.25, -0.2) is 0 Å². The molecule has 0 fully saturated rings. The number of benzene rings is 5. The Labute approximate surface area is 335 Å². The Morgan fingerprint density at radius 3 is 2.18 bits per heavy atom. The van der Waals surface area contributed by atoms with Gasteiger partial charge in [0, 0.05) is 58.1 Å². The molecule has 0 N–H and O–H groups in total. The molecule has 1 aliphatic heterocycles. The van der Waals surface area contributed by atoms with Gasteiger partial charge >= 0.3 is 0 Å². The standard InChI is InChI=1S/C54H49N3/c1-7-53(6)46-27-26-37(57-49-25-14-12-22-41(49)43-32-42-40-21-11-13-23-45(40)52(4,5)47(42)33-50(43)57)31-44(46)48-24-15-16-29-56(48)54(53,8-2)34-38-30-36-19-9-10-20-39(36)51-35(3)18-17-28-55(38)51/h9-33H,7-8,34H2,1-6H3/q+2. The monoisotopic (exact) mass is 739 g/mol. The van der Waals surface area contributed by atoms with Crippen LogP contribution in [0.25, 0.3) is 66.2 Å². The molecule has 2 aliphatic rings. The van der Waals surface area contributed by atoms with Crippen molar-refractivity contribution in [1.29, 1.82) is 0 Å². The minimum atomic E-state index is -0.215. The summed E-state index contributed by atoms with van der Waals surface area (Å²) in [7, 11) is 0. The maximum absolute atomic E-state index is 2.67. The molecule has 0 amide bonds. The number of hydrogen-bond acceptors (Lipinski definition) is 0. The smallest absolute Gasteiger partial charge is 0.221 e. The summed E-state index contributed by atoms with van der Waals surface area (Å²) in [6.07, 6.45) is 7.56. The molecular weight excluding hydrogens is 691 g/mol. The largest absolute Gasteiger partial charge is 0.309 e. The zero-order chi connectivity index (χ0) is 38.8. The summed E-state index contributed by atoms with van der Waals surface area (Å²) in [5.41, 5.74) is 16.8. The van der Waals surface area contributed by atoms with E-state index in [2.05, 4.69) is 207 Å². The van der Waals surface area contributed by atoms with Crippen molar-refractivity contribution >= 4 is 38.1 Å². The van der Waals surface area contributed by atoms with Crippen LogP contribution >= 0.6 is 0 Å². The van der Waals surface area contributed by atoms with Crippen molar-refractivity contribution in [3.63, 3.8) is 0 Å². The van der Waals surface area contributed by atoms with E-state index in [-0.39, 0.29) is 16.4 Å². The third-order valence-electron chi connectivity index (χ3n) is 14.7. The maximum Gasteiger partial charge on any atom is 0.221 e. The molecular formula is C54H49N3+2. The fourth-order valence-corrected chi connectivity index (χ4v) is 11.6. The number of fused-ring (bicyclic) bond motifs is 12. The van der Waals surface area contributed by atoms with Gasteiger partial charge in [0.1, 0.15) is 0 Å². The highest BCUT2D eigenvalue weighted by Crippen LogP contribution is 2.53.